The molecule has 5 heteroatoms. The van der Waals surface area contributed by atoms with Crippen LogP contribution in [0.25, 0.3) is 11.3 Å². The Balaban J connectivity index is 0.00000162. The molecule has 0 spiro atoms. The predicted octanol–water partition coefficient (Wildman–Crippen LogP) is 4.56. The first kappa shape index (κ1) is 15.4. The van der Waals surface area contributed by atoms with Gasteiger partial charge < -0.3 is 10.2 Å². The Morgan fingerprint density at radius 2 is 1.89 bits per heavy atom. The van der Waals surface area contributed by atoms with Crippen molar-refractivity contribution < 1.29 is 4.42 Å². The molecule has 0 amide bonds. The highest BCUT2D eigenvalue weighted by Crippen LogP contribution is 2.29. The third-order valence-electron chi connectivity index (χ3n) is 2.39. The van der Waals surface area contributed by atoms with Crippen molar-refractivity contribution >= 4 is 35.6 Å². The van der Waals surface area contributed by atoms with Gasteiger partial charge in [0.05, 0.1) is 10.0 Å². The van der Waals surface area contributed by atoms with Crippen LogP contribution in [0.5, 0.6) is 0 Å². The van der Waals surface area contributed by atoms with Crippen LogP contribution in [0.4, 0.5) is 0 Å². The number of benzene rings is 1. The molecule has 0 fully saturated rings. The van der Waals surface area contributed by atoms with E-state index in [1.807, 2.05) is 25.1 Å². The molecule has 1 unspecified atom stereocenters. The molecule has 1 aromatic heterocycles. The molecule has 2 N–H and O–H groups in total. The number of furan rings is 1. The van der Waals surface area contributed by atoms with Crippen LogP contribution in [0.15, 0.2) is 34.7 Å². The molecule has 2 rings (SSSR count). The van der Waals surface area contributed by atoms with Gasteiger partial charge in [0.1, 0.15) is 11.5 Å². The molecule has 0 bridgehead atoms. The monoisotopic (exact) mass is 305 g/mol. The molecule has 0 aliphatic carbocycles. The summed E-state index contributed by atoms with van der Waals surface area (Å²) in [6, 6.07) is 9.36. The Morgan fingerprint density at radius 1 is 1.17 bits per heavy atom. The second-order valence-corrected chi connectivity index (χ2v) is 4.89. The molecule has 0 aliphatic rings. The van der Waals surface area contributed by atoms with Gasteiger partial charge in [-0.1, -0.05) is 23.2 Å². The van der Waals surface area contributed by atoms with E-state index in [9.17, 15) is 0 Å². The van der Waals surface area contributed by atoms with Gasteiger partial charge in [-0.25, -0.2) is 0 Å². The maximum atomic E-state index is 5.96. The second kappa shape index (κ2) is 6.48. The van der Waals surface area contributed by atoms with Crippen LogP contribution in [0, 0.1) is 0 Å². The summed E-state index contributed by atoms with van der Waals surface area (Å²) in [7, 11) is 0. The Morgan fingerprint density at radius 3 is 2.50 bits per heavy atom. The van der Waals surface area contributed by atoms with Crippen molar-refractivity contribution in [2.75, 3.05) is 0 Å². The van der Waals surface area contributed by atoms with Gasteiger partial charge in [-0.15, -0.1) is 12.4 Å². The summed E-state index contributed by atoms with van der Waals surface area (Å²) in [5, 5.41) is 1.06. The van der Waals surface area contributed by atoms with E-state index in [1.54, 1.807) is 12.1 Å². The minimum absolute atomic E-state index is 0. The average Bonchev–Trinajstić information content (AvgIpc) is 2.69. The maximum Gasteiger partial charge on any atom is 0.134 e. The van der Waals surface area contributed by atoms with Crippen molar-refractivity contribution in [3.05, 3.63) is 46.1 Å². The van der Waals surface area contributed by atoms with Gasteiger partial charge >= 0.3 is 0 Å². The number of halogens is 3. The van der Waals surface area contributed by atoms with E-state index in [0.717, 1.165) is 23.5 Å². The Kier molecular flexibility index (Phi) is 5.54. The van der Waals surface area contributed by atoms with Crippen LogP contribution in [0.1, 0.15) is 12.7 Å². The molecule has 18 heavy (non-hydrogen) atoms. The molecule has 0 saturated heterocycles. The topological polar surface area (TPSA) is 39.2 Å². The molecular weight excluding hydrogens is 293 g/mol. The smallest absolute Gasteiger partial charge is 0.134 e. The Labute approximate surface area is 122 Å². The van der Waals surface area contributed by atoms with Crippen molar-refractivity contribution in [2.24, 2.45) is 5.73 Å². The van der Waals surface area contributed by atoms with Crippen LogP contribution in [0.3, 0.4) is 0 Å². The second-order valence-electron chi connectivity index (χ2n) is 4.08. The predicted molar refractivity (Wildman–Crippen MR) is 78.8 cm³/mol. The molecule has 0 saturated carbocycles. The standard InChI is InChI=1S/C13H13Cl2NO.ClH/c1-8(16)6-10-3-5-13(17-10)9-2-4-11(14)12(15)7-9;/h2-5,7-8H,6,16H2,1H3;1H. The van der Waals surface area contributed by atoms with Gasteiger partial charge in [-0.2, -0.15) is 0 Å². The molecule has 0 radical (unpaired) electrons. The zero-order valence-electron chi connectivity index (χ0n) is 9.82. The number of nitrogens with two attached hydrogens (primary N) is 1. The SMILES string of the molecule is CC(N)Cc1ccc(-c2ccc(Cl)c(Cl)c2)o1.Cl. The Hall–Kier alpha value is -0.670. The van der Waals surface area contributed by atoms with Crippen LogP contribution in [-0.4, -0.2) is 6.04 Å². The van der Waals surface area contributed by atoms with Gasteiger partial charge in [0, 0.05) is 18.0 Å². The third-order valence-corrected chi connectivity index (χ3v) is 3.13. The molecule has 98 valence electrons. The summed E-state index contributed by atoms with van der Waals surface area (Å²) in [5.74, 6) is 1.65. The van der Waals surface area contributed by atoms with Gasteiger partial charge in [0.15, 0.2) is 0 Å². The van der Waals surface area contributed by atoms with E-state index in [0.29, 0.717) is 10.0 Å². The first-order valence-electron chi connectivity index (χ1n) is 5.36. The van der Waals surface area contributed by atoms with Crippen LogP contribution in [-0.2, 0) is 6.42 Å². The zero-order valence-corrected chi connectivity index (χ0v) is 12.1. The van der Waals surface area contributed by atoms with Crippen molar-refractivity contribution in [3.63, 3.8) is 0 Å². The lowest BCUT2D eigenvalue weighted by molar-refractivity contribution is 0.503. The average molecular weight is 307 g/mol. The van der Waals surface area contributed by atoms with E-state index < -0.39 is 0 Å². The van der Waals surface area contributed by atoms with Crippen LogP contribution in [0.2, 0.25) is 10.0 Å². The summed E-state index contributed by atoms with van der Waals surface area (Å²) in [5.41, 5.74) is 6.63. The number of hydrogen-bond donors (Lipinski definition) is 1. The highest BCUT2D eigenvalue weighted by Gasteiger charge is 2.08. The lowest BCUT2D eigenvalue weighted by atomic mass is 10.2. The maximum absolute atomic E-state index is 5.96. The van der Waals surface area contributed by atoms with Gasteiger partial charge in [0.25, 0.3) is 0 Å². The minimum atomic E-state index is 0. The van der Waals surface area contributed by atoms with Gasteiger partial charge in [-0.05, 0) is 37.3 Å². The highest BCUT2D eigenvalue weighted by molar-refractivity contribution is 6.42. The summed E-state index contributed by atoms with van der Waals surface area (Å²) in [6.07, 6.45) is 0.724. The van der Waals surface area contributed by atoms with Gasteiger partial charge in [-0.3, -0.25) is 0 Å². The summed E-state index contributed by atoms with van der Waals surface area (Å²) < 4.78 is 5.69. The largest absolute Gasteiger partial charge is 0.461 e. The third kappa shape index (κ3) is 3.66. The quantitative estimate of drug-likeness (QED) is 0.902. The van der Waals surface area contributed by atoms with Crippen molar-refractivity contribution in [2.45, 2.75) is 19.4 Å². The fourth-order valence-corrected chi connectivity index (χ4v) is 1.91. The van der Waals surface area contributed by atoms with E-state index in [2.05, 4.69) is 0 Å². The van der Waals surface area contributed by atoms with E-state index >= 15 is 0 Å². The van der Waals surface area contributed by atoms with Crippen molar-refractivity contribution in [1.29, 1.82) is 0 Å². The van der Waals surface area contributed by atoms with Crippen molar-refractivity contribution in [3.8, 4) is 11.3 Å². The molecule has 1 atom stereocenters. The molecule has 2 nitrogen and oxygen atoms in total. The number of rotatable bonds is 3. The molecule has 0 aliphatic heterocycles. The first-order chi connectivity index (χ1) is 8.06. The summed E-state index contributed by atoms with van der Waals surface area (Å²) in [6.45, 7) is 1.95. The summed E-state index contributed by atoms with van der Waals surface area (Å²) in [4.78, 5) is 0. The van der Waals surface area contributed by atoms with Crippen LogP contribution < -0.4 is 5.73 Å². The van der Waals surface area contributed by atoms with E-state index in [-0.39, 0.29) is 18.4 Å². The minimum Gasteiger partial charge on any atom is -0.461 e. The zero-order chi connectivity index (χ0) is 12.4. The van der Waals surface area contributed by atoms with Crippen LogP contribution >= 0.6 is 35.6 Å². The fourth-order valence-electron chi connectivity index (χ4n) is 1.61. The Bertz CT molecular complexity index is 523. The highest BCUT2D eigenvalue weighted by atomic mass is 35.5. The molecule has 1 aromatic carbocycles. The van der Waals surface area contributed by atoms with Crippen molar-refractivity contribution in [1.82, 2.24) is 0 Å². The van der Waals surface area contributed by atoms with Gasteiger partial charge in [0.2, 0.25) is 0 Å². The fraction of sp³-hybridized carbons (Fsp3) is 0.231. The normalized spacial score (nSPS) is 12.0. The lowest BCUT2D eigenvalue weighted by Gasteiger charge is -2.02. The van der Waals surface area contributed by atoms with E-state index in [1.165, 1.54) is 0 Å². The molecular formula is C13H14Cl3NO. The number of hydrogen-bond acceptors (Lipinski definition) is 2. The van der Waals surface area contributed by atoms with E-state index in [4.69, 9.17) is 33.4 Å². The first-order valence-corrected chi connectivity index (χ1v) is 6.11. The molecule has 2 aromatic rings. The summed E-state index contributed by atoms with van der Waals surface area (Å²) >= 11 is 11.8. The lowest BCUT2D eigenvalue weighted by Crippen LogP contribution is -2.17. The molecule has 1 heterocycles.